The summed E-state index contributed by atoms with van der Waals surface area (Å²) in [6, 6.07) is 7.19. The van der Waals surface area contributed by atoms with Gasteiger partial charge < -0.3 is 0 Å². The maximum absolute atomic E-state index is 11.8. The standard InChI is InChI=1S/C10H11O5PS/c1-13-16(12,14-2)15-9-7-5-3-4-6-8(7)17-10(9)11/h3-6,9H,1-2H3. The first-order chi connectivity index (χ1) is 8.09. The Morgan fingerprint density at radius 1 is 1.24 bits per heavy atom. The van der Waals surface area contributed by atoms with E-state index in [0.717, 1.165) is 16.7 Å². The molecule has 0 saturated heterocycles. The summed E-state index contributed by atoms with van der Waals surface area (Å²) < 4.78 is 26.3. The van der Waals surface area contributed by atoms with Crippen LogP contribution in [0.3, 0.4) is 0 Å². The van der Waals surface area contributed by atoms with Crippen LogP contribution in [0, 0.1) is 0 Å². The highest BCUT2D eigenvalue weighted by Gasteiger charge is 2.39. The van der Waals surface area contributed by atoms with Crippen LogP contribution < -0.4 is 0 Å². The molecule has 1 heterocycles. The van der Waals surface area contributed by atoms with Crippen molar-refractivity contribution in [3.8, 4) is 0 Å². The Morgan fingerprint density at radius 2 is 1.88 bits per heavy atom. The van der Waals surface area contributed by atoms with Crippen LogP contribution in [0.4, 0.5) is 0 Å². The highest BCUT2D eigenvalue weighted by molar-refractivity contribution is 8.14. The fraction of sp³-hybridized carbons (Fsp3) is 0.300. The van der Waals surface area contributed by atoms with E-state index in [4.69, 9.17) is 4.52 Å². The molecule has 17 heavy (non-hydrogen) atoms. The summed E-state index contributed by atoms with van der Waals surface area (Å²) in [7, 11) is -1.24. The van der Waals surface area contributed by atoms with Crippen molar-refractivity contribution in [2.45, 2.75) is 11.0 Å². The average molecular weight is 274 g/mol. The van der Waals surface area contributed by atoms with Gasteiger partial charge in [-0.05, 0) is 17.8 Å². The Labute approximate surface area is 103 Å². The maximum atomic E-state index is 11.8. The molecule has 0 spiro atoms. The number of carbonyl (C=O) groups is 1. The van der Waals surface area contributed by atoms with Gasteiger partial charge in [0, 0.05) is 24.7 Å². The first-order valence-electron chi connectivity index (χ1n) is 4.80. The second-order valence-corrected chi connectivity index (χ2v) is 6.14. The predicted molar refractivity (Wildman–Crippen MR) is 62.8 cm³/mol. The van der Waals surface area contributed by atoms with Crippen LogP contribution in [0.25, 0.3) is 0 Å². The summed E-state index contributed by atoms with van der Waals surface area (Å²) in [5.41, 5.74) is 0.692. The quantitative estimate of drug-likeness (QED) is 0.787. The molecule has 92 valence electrons. The van der Waals surface area contributed by atoms with Gasteiger partial charge in [0.1, 0.15) is 0 Å². The van der Waals surface area contributed by atoms with E-state index in [-0.39, 0.29) is 5.12 Å². The first kappa shape index (κ1) is 12.8. The summed E-state index contributed by atoms with van der Waals surface area (Å²) in [6.07, 6.45) is -0.901. The number of phosphoric acid groups is 1. The topological polar surface area (TPSA) is 61.8 Å². The number of rotatable bonds is 4. The van der Waals surface area contributed by atoms with Crippen molar-refractivity contribution in [3.63, 3.8) is 0 Å². The predicted octanol–water partition coefficient (Wildman–Crippen LogP) is 2.78. The van der Waals surface area contributed by atoms with Crippen LogP contribution in [0.5, 0.6) is 0 Å². The maximum Gasteiger partial charge on any atom is 0.475 e. The Kier molecular flexibility index (Phi) is 3.70. The van der Waals surface area contributed by atoms with Crippen LogP contribution >= 0.6 is 19.6 Å². The Hall–Kier alpha value is -0.650. The molecule has 0 amide bonds. The molecule has 0 N–H and O–H groups in total. The number of fused-ring (bicyclic) bond motifs is 1. The lowest BCUT2D eigenvalue weighted by Crippen LogP contribution is -2.08. The number of benzene rings is 1. The minimum atomic E-state index is -3.66. The fourth-order valence-corrected chi connectivity index (χ4v) is 3.27. The van der Waals surface area contributed by atoms with Gasteiger partial charge in [-0.15, -0.1) is 0 Å². The molecular weight excluding hydrogens is 263 g/mol. The lowest BCUT2D eigenvalue weighted by molar-refractivity contribution is -0.117. The third-order valence-electron chi connectivity index (χ3n) is 2.31. The molecule has 0 saturated carbocycles. The van der Waals surface area contributed by atoms with Crippen LogP contribution in [0.2, 0.25) is 0 Å². The van der Waals surface area contributed by atoms with Gasteiger partial charge in [0.25, 0.3) is 0 Å². The van der Waals surface area contributed by atoms with Gasteiger partial charge in [-0.25, -0.2) is 4.57 Å². The van der Waals surface area contributed by atoms with E-state index in [1.165, 1.54) is 14.2 Å². The highest BCUT2D eigenvalue weighted by Crippen LogP contribution is 2.55. The molecule has 0 aliphatic carbocycles. The number of phosphoric ester groups is 1. The van der Waals surface area contributed by atoms with Crippen molar-refractivity contribution >= 4 is 24.7 Å². The molecular formula is C10H11O5PS. The molecule has 1 unspecified atom stereocenters. The van der Waals surface area contributed by atoms with Gasteiger partial charge in [0.2, 0.25) is 5.12 Å². The SMILES string of the molecule is COP(=O)(OC)OC1C(=O)Sc2ccccc21. The Bertz CT molecular complexity index is 481. The summed E-state index contributed by atoms with van der Waals surface area (Å²) in [5, 5.41) is -0.222. The fourth-order valence-electron chi connectivity index (χ4n) is 1.47. The molecule has 5 nitrogen and oxygen atoms in total. The van der Waals surface area contributed by atoms with Crippen LogP contribution in [0.1, 0.15) is 11.7 Å². The molecule has 1 aliphatic rings. The molecule has 1 aromatic rings. The molecule has 1 aromatic carbocycles. The third-order valence-corrected chi connectivity index (χ3v) is 4.68. The third kappa shape index (κ3) is 2.46. The van der Waals surface area contributed by atoms with E-state index in [1.807, 2.05) is 12.1 Å². The van der Waals surface area contributed by atoms with Gasteiger partial charge in [-0.1, -0.05) is 18.2 Å². The zero-order valence-corrected chi connectivity index (χ0v) is 11.0. The smallest absolute Gasteiger partial charge is 0.290 e. The van der Waals surface area contributed by atoms with Crippen molar-refractivity contribution in [1.29, 1.82) is 0 Å². The van der Waals surface area contributed by atoms with E-state index in [1.54, 1.807) is 12.1 Å². The Morgan fingerprint density at radius 3 is 2.53 bits per heavy atom. The molecule has 0 radical (unpaired) electrons. The van der Waals surface area contributed by atoms with E-state index in [9.17, 15) is 9.36 Å². The molecule has 2 rings (SSSR count). The van der Waals surface area contributed by atoms with Crippen molar-refractivity contribution in [2.75, 3.05) is 14.2 Å². The van der Waals surface area contributed by atoms with Crippen LogP contribution in [0.15, 0.2) is 29.2 Å². The second-order valence-electron chi connectivity index (χ2n) is 3.26. The largest absolute Gasteiger partial charge is 0.475 e. The van der Waals surface area contributed by atoms with Gasteiger partial charge in [0.05, 0.1) is 0 Å². The molecule has 0 bridgehead atoms. The molecule has 1 aliphatic heterocycles. The zero-order chi connectivity index (χ0) is 12.5. The van der Waals surface area contributed by atoms with Crippen molar-refractivity contribution in [3.05, 3.63) is 29.8 Å². The summed E-state index contributed by atoms with van der Waals surface area (Å²) >= 11 is 1.06. The number of hydrogen-bond donors (Lipinski definition) is 0. The zero-order valence-electron chi connectivity index (χ0n) is 9.28. The molecule has 7 heteroatoms. The minimum Gasteiger partial charge on any atom is -0.290 e. The van der Waals surface area contributed by atoms with Gasteiger partial charge >= 0.3 is 7.82 Å². The van der Waals surface area contributed by atoms with Gasteiger partial charge in [0.15, 0.2) is 6.10 Å². The van der Waals surface area contributed by atoms with Crippen molar-refractivity contribution in [1.82, 2.24) is 0 Å². The monoisotopic (exact) mass is 274 g/mol. The summed E-state index contributed by atoms with van der Waals surface area (Å²) in [4.78, 5) is 12.6. The Balaban J connectivity index is 2.28. The van der Waals surface area contributed by atoms with Gasteiger partial charge in [-0.3, -0.25) is 18.4 Å². The molecule has 1 atom stereocenters. The lowest BCUT2D eigenvalue weighted by atomic mass is 10.1. The highest BCUT2D eigenvalue weighted by atomic mass is 32.2. The number of thioether (sulfide) groups is 1. The van der Waals surface area contributed by atoms with E-state index in [2.05, 4.69) is 9.05 Å². The minimum absolute atomic E-state index is 0.222. The lowest BCUT2D eigenvalue weighted by Gasteiger charge is -2.17. The van der Waals surface area contributed by atoms with Crippen molar-refractivity contribution < 1.29 is 22.9 Å². The number of carbonyl (C=O) groups excluding carboxylic acids is 1. The van der Waals surface area contributed by atoms with Crippen molar-refractivity contribution in [2.24, 2.45) is 0 Å². The first-order valence-corrected chi connectivity index (χ1v) is 7.08. The van der Waals surface area contributed by atoms with E-state index in [0.29, 0.717) is 5.56 Å². The van der Waals surface area contributed by atoms with Crippen LogP contribution in [-0.2, 0) is 22.9 Å². The summed E-state index contributed by atoms with van der Waals surface area (Å²) in [6.45, 7) is 0. The van der Waals surface area contributed by atoms with E-state index >= 15 is 0 Å². The van der Waals surface area contributed by atoms with Crippen LogP contribution in [-0.4, -0.2) is 19.3 Å². The van der Waals surface area contributed by atoms with Gasteiger partial charge in [-0.2, -0.15) is 0 Å². The number of hydrogen-bond acceptors (Lipinski definition) is 6. The van der Waals surface area contributed by atoms with E-state index < -0.39 is 13.9 Å². The average Bonchev–Trinajstić information content (AvgIpc) is 2.66. The summed E-state index contributed by atoms with van der Waals surface area (Å²) in [5.74, 6) is 0. The second kappa shape index (κ2) is 4.92. The molecule has 0 fully saturated rings. The normalized spacial score (nSPS) is 19.4. The molecule has 0 aromatic heterocycles.